The number of guanidine groups is 2. The normalized spacial score (nSPS) is 10.6. The molecule has 0 aliphatic carbocycles. The smallest absolute Gasteiger partial charge is 0.203 e. The summed E-state index contributed by atoms with van der Waals surface area (Å²) in [5.41, 5.74) is 13.3. The Balaban J connectivity index is 0.00000220. The van der Waals surface area contributed by atoms with Crippen LogP contribution in [0.5, 0.6) is 0 Å². The van der Waals surface area contributed by atoms with Crippen molar-refractivity contribution in [3.05, 3.63) is 66.2 Å². The molecule has 7 N–H and O–H groups in total. The zero-order valence-electron chi connectivity index (χ0n) is 11.5. The number of nitrogens with zero attached hydrogens (tertiary/aromatic N) is 2. The predicted octanol–water partition coefficient (Wildman–Crippen LogP) is 1.20. The molecule has 2 rings (SSSR count). The van der Waals surface area contributed by atoms with Crippen molar-refractivity contribution < 1.29 is 5.48 Å². The molecule has 6 heteroatoms. The number of para-hydroxylation sites is 1. The number of aliphatic imine (C=N–C) groups is 1. The van der Waals surface area contributed by atoms with Crippen molar-refractivity contribution >= 4 is 17.6 Å². The maximum Gasteiger partial charge on any atom is 0.203 e. The van der Waals surface area contributed by atoms with Crippen molar-refractivity contribution in [3.8, 4) is 0 Å². The molecule has 0 spiro atoms. The quantitative estimate of drug-likeness (QED) is 0.580. The lowest BCUT2D eigenvalue weighted by atomic mass is 10.2. The van der Waals surface area contributed by atoms with Gasteiger partial charge in [0, 0.05) is 0 Å². The van der Waals surface area contributed by atoms with Crippen LogP contribution < -0.4 is 11.5 Å². The number of nitrogens with two attached hydrogens (primary N) is 2. The van der Waals surface area contributed by atoms with Crippen LogP contribution in [0.25, 0.3) is 0 Å². The summed E-state index contributed by atoms with van der Waals surface area (Å²) < 4.78 is 0. The predicted molar refractivity (Wildman–Crippen MR) is 85.2 cm³/mol. The van der Waals surface area contributed by atoms with Gasteiger partial charge in [-0.1, -0.05) is 48.5 Å². The average Bonchev–Trinajstić information content (AvgIpc) is 2.46. The van der Waals surface area contributed by atoms with Crippen LogP contribution in [0.15, 0.2) is 65.7 Å². The van der Waals surface area contributed by atoms with Crippen LogP contribution in [0.2, 0.25) is 0 Å². The van der Waals surface area contributed by atoms with E-state index in [2.05, 4.69) is 4.99 Å². The Labute approximate surface area is 123 Å². The van der Waals surface area contributed by atoms with E-state index < -0.39 is 0 Å². The van der Waals surface area contributed by atoms with Crippen LogP contribution in [0.4, 0.5) is 5.69 Å². The SMILES string of the molecule is N=C(N)N(Cc1ccccc1)C(N)=Nc1ccccc1.O. The minimum Gasteiger partial charge on any atom is -0.412 e. The molecule has 0 aliphatic heterocycles. The van der Waals surface area contributed by atoms with E-state index >= 15 is 0 Å². The van der Waals surface area contributed by atoms with Crippen LogP contribution in [-0.2, 0) is 6.54 Å². The average molecular weight is 285 g/mol. The molecule has 2 aromatic carbocycles. The number of rotatable bonds is 3. The Morgan fingerprint density at radius 3 is 2.00 bits per heavy atom. The molecule has 0 bridgehead atoms. The van der Waals surface area contributed by atoms with Crippen LogP contribution in [-0.4, -0.2) is 22.3 Å². The molecule has 0 aliphatic rings. The summed E-state index contributed by atoms with van der Waals surface area (Å²) in [5.74, 6) is 0.0681. The van der Waals surface area contributed by atoms with E-state index in [9.17, 15) is 0 Å². The largest absolute Gasteiger partial charge is 0.412 e. The fraction of sp³-hybridized carbons (Fsp3) is 0.0667. The summed E-state index contributed by atoms with van der Waals surface area (Å²) in [6, 6.07) is 19.0. The van der Waals surface area contributed by atoms with Crippen molar-refractivity contribution in [2.75, 3.05) is 0 Å². The molecule has 21 heavy (non-hydrogen) atoms. The molecule has 0 saturated heterocycles. The van der Waals surface area contributed by atoms with E-state index in [0.29, 0.717) is 6.54 Å². The lowest BCUT2D eigenvalue weighted by molar-refractivity contribution is 0.586. The third-order valence-electron chi connectivity index (χ3n) is 2.75. The van der Waals surface area contributed by atoms with E-state index in [-0.39, 0.29) is 17.4 Å². The van der Waals surface area contributed by atoms with Gasteiger partial charge in [-0.3, -0.25) is 10.3 Å². The van der Waals surface area contributed by atoms with Gasteiger partial charge in [-0.2, -0.15) is 0 Å². The van der Waals surface area contributed by atoms with E-state index in [4.69, 9.17) is 16.9 Å². The number of benzene rings is 2. The summed E-state index contributed by atoms with van der Waals surface area (Å²) in [4.78, 5) is 5.74. The van der Waals surface area contributed by atoms with Crippen molar-refractivity contribution in [1.82, 2.24) is 4.90 Å². The van der Waals surface area contributed by atoms with E-state index in [1.54, 1.807) is 0 Å². The first-order valence-corrected chi connectivity index (χ1v) is 6.21. The highest BCUT2D eigenvalue weighted by Crippen LogP contribution is 2.11. The van der Waals surface area contributed by atoms with Gasteiger partial charge in [-0.25, -0.2) is 4.99 Å². The van der Waals surface area contributed by atoms with Crippen LogP contribution in [0.3, 0.4) is 0 Å². The van der Waals surface area contributed by atoms with Crippen LogP contribution in [0, 0.1) is 5.41 Å². The monoisotopic (exact) mass is 285 g/mol. The van der Waals surface area contributed by atoms with Crippen LogP contribution >= 0.6 is 0 Å². The van der Waals surface area contributed by atoms with Crippen molar-refractivity contribution in [1.29, 1.82) is 5.41 Å². The highest BCUT2D eigenvalue weighted by molar-refractivity contribution is 5.96. The van der Waals surface area contributed by atoms with E-state index in [1.165, 1.54) is 4.90 Å². The van der Waals surface area contributed by atoms with Gasteiger partial charge < -0.3 is 16.9 Å². The molecule has 0 amide bonds. The molecule has 0 saturated carbocycles. The highest BCUT2D eigenvalue weighted by atomic mass is 16.0. The molecule has 6 nitrogen and oxygen atoms in total. The molecule has 0 radical (unpaired) electrons. The van der Waals surface area contributed by atoms with Gasteiger partial charge in [0.25, 0.3) is 0 Å². The summed E-state index contributed by atoms with van der Waals surface area (Å²) in [5, 5.41) is 7.64. The van der Waals surface area contributed by atoms with E-state index in [0.717, 1.165) is 11.3 Å². The Bertz CT molecular complexity index is 598. The summed E-state index contributed by atoms with van der Waals surface area (Å²) >= 11 is 0. The Hall–Kier alpha value is -2.86. The van der Waals surface area contributed by atoms with Gasteiger partial charge in [0.05, 0.1) is 12.2 Å². The number of hydrogen-bond acceptors (Lipinski definition) is 2. The summed E-state index contributed by atoms with van der Waals surface area (Å²) in [6.07, 6.45) is 0. The molecule has 0 atom stereocenters. The first-order chi connectivity index (χ1) is 9.66. The van der Waals surface area contributed by atoms with Gasteiger partial charge in [-0.05, 0) is 17.7 Å². The third kappa shape index (κ3) is 4.63. The van der Waals surface area contributed by atoms with Crippen LogP contribution in [0.1, 0.15) is 5.56 Å². The summed E-state index contributed by atoms with van der Waals surface area (Å²) in [7, 11) is 0. The molecule has 0 aromatic heterocycles. The lowest BCUT2D eigenvalue weighted by Crippen LogP contribution is -2.44. The fourth-order valence-corrected chi connectivity index (χ4v) is 1.75. The Kier molecular flexibility index (Phi) is 5.91. The van der Waals surface area contributed by atoms with Gasteiger partial charge >= 0.3 is 0 Å². The third-order valence-corrected chi connectivity index (χ3v) is 2.75. The molecular formula is C15H19N5O. The molecule has 2 aromatic rings. The zero-order chi connectivity index (χ0) is 14.4. The maximum atomic E-state index is 7.64. The fourth-order valence-electron chi connectivity index (χ4n) is 1.75. The Morgan fingerprint density at radius 2 is 1.48 bits per heavy atom. The van der Waals surface area contributed by atoms with Gasteiger partial charge in [0.15, 0.2) is 5.96 Å². The lowest BCUT2D eigenvalue weighted by Gasteiger charge is -2.21. The standard InChI is InChI=1S/C15H17N5.H2O/c16-14(17)20(11-12-7-3-1-4-8-12)15(18)19-13-9-5-2-6-10-13;/h1-10H,11H2,(H3,16,17)(H2,18,19);1H2. The van der Waals surface area contributed by atoms with Gasteiger partial charge in [0.2, 0.25) is 5.96 Å². The molecule has 0 unspecified atom stereocenters. The minimum atomic E-state index is -0.133. The topological polar surface area (TPSA) is 123 Å². The number of hydrogen-bond donors (Lipinski definition) is 3. The van der Waals surface area contributed by atoms with Gasteiger partial charge in [-0.15, -0.1) is 0 Å². The minimum absolute atomic E-state index is 0. The molecule has 110 valence electrons. The zero-order valence-corrected chi connectivity index (χ0v) is 11.5. The van der Waals surface area contributed by atoms with Crippen molar-refractivity contribution in [2.45, 2.75) is 6.54 Å². The maximum absolute atomic E-state index is 7.64. The van der Waals surface area contributed by atoms with E-state index in [1.807, 2.05) is 60.7 Å². The van der Waals surface area contributed by atoms with Gasteiger partial charge in [0.1, 0.15) is 0 Å². The highest BCUT2D eigenvalue weighted by Gasteiger charge is 2.11. The van der Waals surface area contributed by atoms with Crippen molar-refractivity contribution in [2.24, 2.45) is 16.5 Å². The number of nitrogens with one attached hydrogen (secondary N) is 1. The first kappa shape index (κ1) is 16.2. The second-order valence-corrected chi connectivity index (χ2v) is 4.26. The van der Waals surface area contributed by atoms with Crippen molar-refractivity contribution in [3.63, 3.8) is 0 Å². The Morgan fingerprint density at radius 1 is 0.952 bits per heavy atom. The second-order valence-electron chi connectivity index (χ2n) is 4.26. The molecule has 0 fully saturated rings. The second kappa shape index (κ2) is 7.66. The first-order valence-electron chi connectivity index (χ1n) is 6.21. The molecule has 0 heterocycles. The summed E-state index contributed by atoms with van der Waals surface area (Å²) in [6.45, 7) is 0.415. The molecular weight excluding hydrogens is 266 g/mol.